The van der Waals surface area contributed by atoms with Crippen LogP contribution < -0.4 is 10.5 Å². The summed E-state index contributed by atoms with van der Waals surface area (Å²) in [4.78, 5) is 19.4. The van der Waals surface area contributed by atoms with Crippen LogP contribution in [-0.2, 0) is 4.74 Å². The number of ether oxygens (including phenoxy) is 2. The summed E-state index contributed by atoms with van der Waals surface area (Å²) in [7, 11) is 2.77. The Balaban J connectivity index is 0.00000289. The van der Waals surface area contributed by atoms with Crippen LogP contribution in [0.5, 0.6) is 5.75 Å². The quantitative estimate of drug-likeness (QED) is 0.371. The number of aliphatic imine (C=N–C) groups is 1. The van der Waals surface area contributed by atoms with Crippen molar-refractivity contribution in [1.82, 2.24) is 4.98 Å². The lowest BCUT2D eigenvalue weighted by Crippen LogP contribution is -2.07. The summed E-state index contributed by atoms with van der Waals surface area (Å²) >= 11 is 1.28. The molecule has 0 saturated carbocycles. The third kappa shape index (κ3) is 4.69. The topological polar surface area (TPSA) is 86.8 Å². The van der Waals surface area contributed by atoms with Crippen molar-refractivity contribution < 1.29 is 14.3 Å². The normalized spacial score (nSPS) is 10.5. The Morgan fingerprint density at radius 1 is 1.44 bits per heavy atom. The first-order chi connectivity index (χ1) is 8.10. The molecule has 0 bridgehead atoms. The Morgan fingerprint density at radius 3 is 2.61 bits per heavy atom. The number of hydrogen-bond acceptors (Lipinski definition) is 6. The van der Waals surface area contributed by atoms with E-state index in [2.05, 4.69) is 14.7 Å². The summed E-state index contributed by atoms with van der Waals surface area (Å²) in [5.41, 5.74) is 5.70. The van der Waals surface area contributed by atoms with Crippen LogP contribution in [0.1, 0.15) is 10.5 Å². The van der Waals surface area contributed by atoms with Gasteiger partial charge in [0.25, 0.3) is 0 Å². The molecule has 0 aromatic carbocycles. The van der Waals surface area contributed by atoms with Gasteiger partial charge < -0.3 is 15.2 Å². The van der Waals surface area contributed by atoms with Gasteiger partial charge in [-0.3, -0.25) is 0 Å². The van der Waals surface area contributed by atoms with E-state index in [1.54, 1.807) is 12.3 Å². The molecule has 1 aromatic rings. The Hall–Kier alpha value is -1.03. The summed E-state index contributed by atoms with van der Waals surface area (Å²) in [5.74, 6) is 0.215. The van der Waals surface area contributed by atoms with E-state index in [0.29, 0.717) is 16.7 Å². The Morgan fingerprint density at radius 2 is 2.11 bits per heavy atom. The number of halogens is 1. The number of carbonyl (C=O) groups excluding carboxylic acids is 1. The lowest BCUT2D eigenvalue weighted by Gasteiger charge is -2.04. The zero-order chi connectivity index (χ0) is 12.8. The standard InChI is InChI=1S/C10H13N3O3S.HI/c1-15-6-4-7(9(14)16-2)12-8(5-6)13-10(11)17-3;/h4-5H,1-3H3,(H2,11,12,13);1H. The fourth-order valence-corrected chi connectivity index (χ4v) is 1.22. The van der Waals surface area contributed by atoms with E-state index in [-0.39, 0.29) is 29.7 Å². The largest absolute Gasteiger partial charge is 0.497 e. The molecule has 0 atom stereocenters. The molecular weight excluding hydrogens is 369 g/mol. The van der Waals surface area contributed by atoms with Gasteiger partial charge in [0, 0.05) is 12.1 Å². The molecule has 0 radical (unpaired) electrons. The van der Waals surface area contributed by atoms with Crippen molar-refractivity contribution in [3.05, 3.63) is 17.8 Å². The first-order valence-corrected chi connectivity index (χ1v) is 5.85. The number of esters is 1. The molecule has 1 rings (SSSR count). The number of nitrogens with zero attached hydrogens (tertiary/aromatic N) is 2. The molecule has 2 N–H and O–H groups in total. The average molecular weight is 383 g/mol. The predicted octanol–water partition coefficient (Wildman–Crippen LogP) is 1.80. The highest BCUT2D eigenvalue weighted by molar-refractivity contribution is 14.0. The van der Waals surface area contributed by atoms with Gasteiger partial charge in [0.2, 0.25) is 0 Å². The van der Waals surface area contributed by atoms with Gasteiger partial charge in [0.05, 0.1) is 14.2 Å². The molecule has 18 heavy (non-hydrogen) atoms. The van der Waals surface area contributed by atoms with Crippen LogP contribution >= 0.6 is 35.7 Å². The van der Waals surface area contributed by atoms with Crippen LogP contribution in [0.4, 0.5) is 5.82 Å². The average Bonchev–Trinajstić information content (AvgIpc) is 2.36. The lowest BCUT2D eigenvalue weighted by atomic mass is 10.3. The molecule has 8 heteroatoms. The van der Waals surface area contributed by atoms with Crippen molar-refractivity contribution in [3.63, 3.8) is 0 Å². The molecule has 0 fully saturated rings. The molecule has 0 amide bonds. The Labute approximate surface area is 126 Å². The summed E-state index contributed by atoms with van der Waals surface area (Å²) in [5, 5.41) is 0.349. The SMILES string of the molecule is COC(=O)c1cc(OC)cc(N=C(N)SC)n1.I. The molecule has 0 aliphatic rings. The van der Waals surface area contributed by atoms with Gasteiger partial charge in [0.15, 0.2) is 16.7 Å². The van der Waals surface area contributed by atoms with Crippen LogP contribution in [-0.4, -0.2) is 36.6 Å². The van der Waals surface area contributed by atoms with Gasteiger partial charge in [-0.15, -0.1) is 24.0 Å². The van der Waals surface area contributed by atoms with E-state index >= 15 is 0 Å². The number of nitrogens with two attached hydrogens (primary N) is 1. The highest BCUT2D eigenvalue weighted by atomic mass is 127. The minimum absolute atomic E-state index is 0. The van der Waals surface area contributed by atoms with Gasteiger partial charge in [-0.05, 0) is 6.26 Å². The van der Waals surface area contributed by atoms with Crippen molar-refractivity contribution in [2.75, 3.05) is 20.5 Å². The van der Waals surface area contributed by atoms with Crippen molar-refractivity contribution in [3.8, 4) is 5.75 Å². The number of carbonyl (C=O) groups is 1. The molecule has 0 unspecified atom stereocenters. The van der Waals surface area contributed by atoms with E-state index in [1.165, 1.54) is 32.0 Å². The van der Waals surface area contributed by atoms with Gasteiger partial charge in [-0.2, -0.15) is 0 Å². The number of pyridine rings is 1. The molecule has 0 spiro atoms. The first kappa shape index (κ1) is 17.0. The zero-order valence-corrected chi connectivity index (χ0v) is 13.3. The second-order valence-electron chi connectivity index (χ2n) is 2.90. The Kier molecular flexibility index (Phi) is 7.67. The van der Waals surface area contributed by atoms with Crippen molar-refractivity contribution in [2.24, 2.45) is 10.7 Å². The molecule has 0 aliphatic heterocycles. The summed E-state index contributed by atoms with van der Waals surface area (Å²) in [6.07, 6.45) is 1.79. The second-order valence-corrected chi connectivity index (χ2v) is 3.72. The third-order valence-corrected chi connectivity index (χ3v) is 2.36. The highest BCUT2D eigenvalue weighted by Crippen LogP contribution is 2.20. The van der Waals surface area contributed by atoms with E-state index in [1.807, 2.05) is 0 Å². The second kappa shape index (κ2) is 8.14. The van der Waals surface area contributed by atoms with E-state index in [9.17, 15) is 4.79 Å². The minimum Gasteiger partial charge on any atom is -0.497 e. The third-order valence-electron chi connectivity index (χ3n) is 1.85. The number of amidine groups is 1. The fraction of sp³-hybridized carbons (Fsp3) is 0.300. The van der Waals surface area contributed by atoms with E-state index in [4.69, 9.17) is 10.5 Å². The zero-order valence-electron chi connectivity index (χ0n) is 10.2. The number of thioether (sulfide) groups is 1. The Bertz CT molecular complexity index is 454. The maximum Gasteiger partial charge on any atom is 0.356 e. The summed E-state index contributed by atoms with van der Waals surface area (Å²) in [6, 6.07) is 3.05. The molecule has 6 nitrogen and oxygen atoms in total. The summed E-state index contributed by atoms with van der Waals surface area (Å²) < 4.78 is 9.62. The smallest absolute Gasteiger partial charge is 0.356 e. The number of rotatable bonds is 3. The van der Waals surface area contributed by atoms with Crippen LogP contribution in [0.25, 0.3) is 0 Å². The lowest BCUT2D eigenvalue weighted by molar-refractivity contribution is 0.0593. The maximum atomic E-state index is 11.4. The van der Waals surface area contributed by atoms with Crippen LogP contribution in [0.3, 0.4) is 0 Å². The van der Waals surface area contributed by atoms with Crippen LogP contribution in [0, 0.1) is 0 Å². The van der Waals surface area contributed by atoms with Gasteiger partial charge >= 0.3 is 5.97 Å². The minimum atomic E-state index is -0.553. The van der Waals surface area contributed by atoms with Gasteiger partial charge in [-0.1, -0.05) is 11.8 Å². The predicted molar refractivity (Wildman–Crippen MR) is 82.3 cm³/mol. The summed E-state index contributed by atoms with van der Waals surface area (Å²) in [6.45, 7) is 0. The molecule has 0 aliphatic carbocycles. The van der Waals surface area contributed by atoms with Crippen molar-refractivity contribution in [1.29, 1.82) is 0 Å². The maximum absolute atomic E-state index is 11.4. The van der Waals surface area contributed by atoms with E-state index in [0.717, 1.165) is 0 Å². The highest BCUT2D eigenvalue weighted by Gasteiger charge is 2.11. The molecule has 1 heterocycles. The molecular formula is C10H14IN3O3S. The number of methoxy groups -OCH3 is 2. The van der Waals surface area contributed by atoms with E-state index < -0.39 is 5.97 Å². The van der Waals surface area contributed by atoms with Crippen LogP contribution in [0.15, 0.2) is 17.1 Å². The van der Waals surface area contributed by atoms with Crippen molar-refractivity contribution in [2.45, 2.75) is 0 Å². The first-order valence-electron chi connectivity index (χ1n) is 4.63. The molecule has 0 saturated heterocycles. The monoisotopic (exact) mass is 383 g/mol. The van der Waals surface area contributed by atoms with Gasteiger partial charge in [-0.25, -0.2) is 14.8 Å². The molecule has 1 aromatic heterocycles. The number of aromatic nitrogens is 1. The van der Waals surface area contributed by atoms with Crippen molar-refractivity contribution >= 4 is 52.7 Å². The molecule has 100 valence electrons. The number of hydrogen-bond donors (Lipinski definition) is 1. The van der Waals surface area contributed by atoms with Crippen LogP contribution in [0.2, 0.25) is 0 Å². The van der Waals surface area contributed by atoms with Gasteiger partial charge in [0.1, 0.15) is 5.75 Å². The fourth-order valence-electron chi connectivity index (χ4n) is 1.03.